The van der Waals surface area contributed by atoms with Crippen molar-refractivity contribution in [2.75, 3.05) is 7.11 Å². The van der Waals surface area contributed by atoms with Gasteiger partial charge in [-0.1, -0.05) is 0 Å². The molecule has 0 spiro atoms. The zero-order valence-electron chi connectivity index (χ0n) is 6.60. The van der Waals surface area contributed by atoms with Gasteiger partial charge in [-0.25, -0.2) is 4.39 Å². The van der Waals surface area contributed by atoms with Gasteiger partial charge in [0.25, 0.3) is 0 Å². The van der Waals surface area contributed by atoms with Gasteiger partial charge in [0.15, 0.2) is 0 Å². The molecule has 0 bridgehead atoms. The molecule has 0 aliphatic rings. The van der Waals surface area contributed by atoms with Gasteiger partial charge in [-0.15, -0.1) is 0 Å². The summed E-state index contributed by atoms with van der Waals surface area (Å²) in [6.45, 7) is 0.504. The summed E-state index contributed by atoms with van der Waals surface area (Å²) in [6.07, 6.45) is 0. The second kappa shape index (κ2) is 4.61. The van der Waals surface area contributed by atoms with Crippen LogP contribution in [0.1, 0.15) is 5.56 Å². The highest BCUT2D eigenvalue weighted by Gasteiger charge is 2.02. The maximum Gasteiger partial charge on any atom is 0.127 e. The molecule has 1 aromatic carbocycles. The van der Waals surface area contributed by atoms with E-state index in [0.717, 1.165) is 0 Å². The van der Waals surface area contributed by atoms with Crippen LogP contribution in [0.5, 0.6) is 5.75 Å². The van der Waals surface area contributed by atoms with E-state index in [1.807, 2.05) is 22.9 Å². The molecule has 4 heteroatoms. The van der Waals surface area contributed by atoms with Gasteiger partial charge in [-0.3, -0.25) is 3.53 Å². The number of hydrogen-bond acceptors (Lipinski definition) is 2. The van der Waals surface area contributed by atoms with Gasteiger partial charge in [-0.2, -0.15) is 0 Å². The minimum absolute atomic E-state index is 0.208. The first kappa shape index (κ1) is 9.73. The summed E-state index contributed by atoms with van der Waals surface area (Å²) in [6, 6.07) is 4.69. The number of hydrogen-bond donors (Lipinski definition) is 1. The standard InChI is InChI=1S/C8H9FINO/c1-12-7-2-3-8(9)6(4-7)5-11-10/h2-4,11H,5H2,1H3. The van der Waals surface area contributed by atoms with Crippen molar-refractivity contribution in [1.82, 2.24) is 3.53 Å². The molecule has 0 unspecified atom stereocenters. The average molecular weight is 281 g/mol. The Labute approximate surface area is 84.6 Å². The second-order valence-corrected chi connectivity index (χ2v) is 3.03. The van der Waals surface area contributed by atoms with Crippen molar-refractivity contribution in [2.45, 2.75) is 6.54 Å². The van der Waals surface area contributed by atoms with Crippen molar-refractivity contribution in [3.8, 4) is 5.75 Å². The first-order chi connectivity index (χ1) is 5.77. The summed E-state index contributed by atoms with van der Waals surface area (Å²) in [5.74, 6) is 0.470. The van der Waals surface area contributed by atoms with E-state index in [2.05, 4.69) is 3.53 Å². The number of benzene rings is 1. The van der Waals surface area contributed by atoms with Crippen LogP contribution in [0.3, 0.4) is 0 Å². The van der Waals surface area contributed by atoms with Crippen LogP contribution in [-0.2, 0) is 6.54 Å². The van der Waals surface area contributed by atoms with E-state index in [1.54, 1.807) is 19.2 Å². The lowest BCUT2D eigenvalue weighted by atomic mass is 10.2. The molecule has 0 saturated heterocycles. The first-order valence-electron chi connectivity index (χ1n) is 3.44. The summed E-state index contributed by atoms with van der Waals surface area (Å²) in [7, 11) is 1.56. The molecule has 66 valence electrons. The zero-order valence-corrected chi connectivity index (χ0v) is 8.76. The van der Waals surface area contributed by atoms with Gasteiger partial charge < -0.3 is 4.74 Å². The molecular weight excluding hydrogens is 272 g/mol. The average Bonchev–Trinajstić information content (AvgIpc) is 2.09. The van der Waals surface area contributed by atoms with Crippen molar-refractivity contribution in [2.24, 2.45) is 0 Å². The van der Waals surface area contributed by atoms with Crippen LogP contribution in [0.15, 0.2) is 18.2 Å². The molecular formula is C8H9FINO. The predicted octanol–water partition coefficient (Wildman–Crippen LogP) is 2.27. The van der Waals surface area contributed by atoms with Gasteiger partial charge in [0.05, 0.1) is 7.11 Å². The molecule has 1 aromatic rings. The highest BCUT2D eigenvalue weighted by atomic mass is 127. The number of nitrogens with one attached hydrogen (secondary N) is 1. The van der Waals surface area contributed by atoms with Crippen molar-refractivity contribution in [1.29, 1.82) is 0 Å². The molecule has 0 fully saturated rings. The van der Waals surface area contributed by atoms with Crippen LogP contribution >= 0.6 is 22.9 Å². The van der Waals surface area contributed by atoms with Crippen LogP contribution in [0.4, 0.5) is 4.39 Å². The highest BCUT2D eigenvalue weighted by molar-refractivity contribution is 14.1. The molecule has 1 N–H and O–H groups in total. The van der Waals surface area contributed by atoms with Gasteiger partial charge >= 0.3 is 0 Å². The van der Waals surface area contributed by atoms with Crippen LogP contribution in [0, 0.1) is 5.82 Å². The third-order valence-corrected chi connectivity index (χ3v) is 1.89. The quantitative estimate of drug-likeness (QED) is 0.678. The smallest absolute Gasteiger partial charge is 0.127 e. The van der Waals surface area contributed by atoms with E-state index in [9.17, 15) is 4.39 Å². The van der Waals surface area contributed by atoms with E-state index in [1.165, 1.54) is 6.07 Å². The fourth-order valence-corrected chi connectivity index (χ4v) is 1.30. The first-order valence-corrected chi connectivity index (χ1v) is 4.51. The van der Waals surface area contributed by atoms with Crippen LogP contribution in [-0.4, -0.2) is 7.11 Å². The van der Waals surface area contributed by atoms with Gasteiger partial charge in [0.2, 0.25) is 0 Å². The van der Waals surface area contributed by atoms with Crippen LogP contribution in [0.2, 0.25) is 0 Å². The fraction of sp³-hybridized carbons (Fsp3) is 0.250. The Balaban J connectivity index is 2.91. The Morgan fingerprint density at radius 3 is 2.92 bits per heavy atom. The molecule has 1 rings (SSSR count). The molecule has 0 aliphatic heterocycles. The summed E-state index contributed by atoms with van der Waals surface area (Å²) >= 11 is 1.97. The third-order valence-electron chi connectivity index (χ3n) is 1.51. The van der Waals surface area contributed by atoms with E-state index >= 15 is 0 Å². The van der Waals surface area contributed by atoms with Crippen LogP contribution in [0.25, 0.3) is 0 Å². The van der Waals surface area contributed by atoms with Crippen molar-refractivity contribution < 1.29 is 9.13 Å². The lowest BCUT2D eigenvalue weighted by Crippen LogP contribution is -2.00. The fourth-order valence-electron chi connectivity index (χ4n) is 0.886. The molecule has 0 atom stereocenters. The molecule has 0 aliphatic carbocycles. The molecule has 0 aromatic heterocycles. The molecule has 2 nitrogen and oxygen atoms in total. The second-order valence-electron chi connectivity index (χ2n) is 2.27. The number of ether oxygens (including phenoxy) is 1. The summed E-state index contributed by atoms with van der Waals surface area (Å²) < 4.78 is 20.8. The summed E-state index contributed by atoms with van der Waals surface area (Å²) in [5.41, 5.74) is 0.615. The lowest BCUT2D eigenvalue weighted by molar-refractivity contribution is 0.412. The van der Waals surface area contributed by atoms with Gasteiger partial charge in [-0.05, 0) is 18.2 Å². The molecule has 0 heterocycles. The number of methoxy groups -OCH3 is 1. The maximum absolute atomic E-state index is 13.0. The molecule has 0 saturated carbocycles. The molecule has 0 radical (unpaired) electrons. The third kappa shape index (κ3) is 2.31. The van der Waals surface area contributed by atoms with E-state index in [0.29, 0.717) is 17.9 Å². The molecule has 0 amide bonds. The SMILES string of the molecule is COc1ccc(F)c(CNI)c1. The van der Waals surface area contributed by atoms with E-state index in [4.69, 9.17) is 4.74 Å². The van der Waals surface area contributed by atoms with Crippen molar-refractivity contribution in [3.05, 3.63) is 29.6 Å². The minimum atomic E-state index is -0.208. The Bertz CT molecular complexity index is 267. The highest BCUT2D eigenvalue weighted by Crippen LogP contribution is 2.16. The topological polar surface area (TPSA) is 21.3 Å². The minimum Gasteiger partial charge on any atom is -0.497 e. The van der Waals surface area contributed by atoms with Crippen LogP contribution < -0.4 is 8.27 Å². The lowest BCUT2D eigenvalue weighted by Gasteiger charge is -2.04. The number of halogens is 2. The van der Waals surface area contributed by atoms with E-state index < -0.39 is 0 Å². The van der Waals surface area contributed by atoms with Gasteiger partial charge in [0, 0.05) is 35.0 Å². The van der Waals surface area contributed by atoms with Crippen molar-refractivity contribution >= 4 is 22.9 Å². The van der Waals surface area contributed by atoms with Gasteiger partial charge in [0.1, 0.15) is 11.6 Å². The molecule has 12 heavy (non-hydrogen) atoms. The number of rotatable bonds is 3. The zero-order chi connectivity index (χ0) is 8.97. The Kier molecular flexibility index (Phi) is 3.74. The largest absolute Gasteiger partial charge is 0.497 e. The summed E-state index contributed by atoms with van der Waals surface area (Å²) in [5, 5.41) is 0. The predicted molar refractivity (Wildman–Crippen MR) is 53.8 cm³/mol. The van der Waals surface area contributed by atoms with E-state index in [-0.39, 0.29) is 5.82 Å². The van der Waals surface area contributed by atoms with Crippen molar-refractivity contribution in [3.63, 3.8) is 0 Å². The maximum atomic E-state index is 13.0. The Morgan fingerprint density at radius 1 is 1.58 bits per heavy atom. The monoisotopic (exact) mass is 281 g/mol. The Hall–Kier alpha value is -0.360. The normalized spacial score (nSPS) is 9.92. The Morgan fingerprint density at radius 2 is 2.33 bits per heavy atom. The summed E-state index contributed by atoms with van der Waals surface area (Å²) in [4.78, 5) is 0.